The number of nitrogens with one attached hydrogen (secondary N) is 2. The van der Waals surface area contributed by atoms with Crippen molar-refractivity contribution in [2.24, 2.45) is 10.4 Å². The summed E-state index contributed by atoms with van der Waals surface area (Å²) in [5.74, 6) is 0.846. The van der Waals surface area contributed by atoms with Crippen molar-refractivity contribution in [2.75, 3.05) is 26.8 Å². The van der Waals surface area contributed by atoms with E-state index >= 15 is 0 Å². The van der Waals surface area contributed by atoms with E-state index < -0.39 is 0 Å². The van der Waals surface area contributed by atoms with Gasteiger partial charge in [-0.15, -0.1) is 24.0 Å². The van der Waals surface area contributed by atoms with Crippen molar-refractivity contribution in [3.05, 3.63) is 35.4 Å². The van der Waals surface area contributed by atoms with Crippen molar-refractivity contribution in [3.63, 3.8) is 0 Å². The SMILES string of the molecule is CCNC(=NCc1ccccc1CO)NCC1(CCOC)CCCC1.I. The number of halogens is 1. The first kappa shape index (κ1) is 23.2. The van der Waals surface area contributed by atoms with Crippen LogP contribution in [-0.2, 0) is 17.9 Å². The van der Waals surface area contributed by atoms with Crippen LogP contribution < -0.4 is 10.6 Å². The third-order valence-corrected chi connectivity index (χ3v) is 5.17. The molecule has 0 unspecified atom stereocenters. The van der Waals surface area contributed by atoms with Crippen LogP contribution in [0.2, 0.25) is 0 Å². The number of aliphatic imine (C=N–C) groups is 1. The van der Waals surface area contributed by atoms with Crippen molar-refractivity contribution >= 4 is 29.9 Å². The highest BCUT2D eigenvalue weighted by molar-refractivity contribution is 14.0. The van der Waals surface area contributed by atoms with Crippen molar-refractivity contribution in [1.82, 2.24) is 10.6 Å². The number of ether oxygens (including phenoxy) is 1. The lowest BCUT2D eigenvalue weighted by molar-refractivity contribution is 0.138. The molecule has 0 aliphatic heterocycles. The number of nitrogens with zero attached hydrogens (tertiary/aromatic N) is 1. The van der Waals surface area contributed by atoms with Crippen molar-refractivity contribution in [2.45, 2.75) is 52.2 Å². The number of aliphatic hydroxyl groups excluding tert-OH is 1. The summed E-state index contributed by atoms with van der Waals surface area (Å²) in [6.07, 6.45) is 6.24. The molecule has 1 saturated carbocycles. The normalized spacial score (nSPS) is 16.2. The lowest BCUT2D eigenvalue weighted by Crippen LogP contribution is -2.43. The van der Waals surface area contributed by atoms with Gasteiger partial charge in [0.1, 0.15) is 0 Å². The molecule has 0 amide bonds. The minimum atomic E-state index is 0. The highest BCUT2D eigenvalue weighted by atomic mass is 127. The summed E-state index contributed by atoms with van der Waals surface area (Å²) in [4.78, 5) is 4.72. The van der Waals surface area contributed by atoms with Crippen molar-refractivity contribution in [3.8, 4) is 0 Å². The Hall–Kier alpha value is -0.860. The van der Waals surface area contributed by atoms with E-state index in [-0.39, 0.29) is 30.6 Å². The maximum absolute atomic E-state index is 9.46. The number of hydrogen-bond acceptors (Lipinski definition) is 3. The molecule has 1 fully saturated rings. The fourth-order valence-electron chi connectivity index (χ4n) is 3.60. The van der Waals surface area contributed by atoms with Gasteiger partial charge in [-0.05, 0) is 42.7 Å². The zero-order chi connectivity index (χ0) is 18.0. The van der Waals surface area contributed by atoms with Crippen LogP contribution >= 0.6 is 24.0 Å². The maximum atomic E-state index is 9.46. The van der Waals surface area contributed by atoms with E-state index in [1.54, 1.807) is 7.11 Å². The number of rotatable bonds is 9. The highest BCUT2D eigenvalue weighted by Gasteiger charge is 2.33. The molecule has 0 aromatic heterocycles. The monoisotopic (exact) mass is 475 g/mol. The quantitative estimate of drug-likeness (QED) is 0.291. The van der Waals surface area contributed by atoms with Gasteiger partial charge in [-0.1, -0.05) is 37.1 Å². The largest absolute Gasteiger partial charge is 0.392 e. The Bertz CT molecular complexity index is 546. The van der Waals surface area contributed by atoms with Crippen LogP contribution in [0, 0.1) is 5.41 Å². The predicted octanol–water partition coefficient (Wildman–Crippen LogP) is 3.45. The molecule has 1 aromatic carbocycles. The first-order chi connectivity index (χ1) is 12.2. The maximum Gasteiger partial charge on any atom is 0.191 e. The molecule has 2 rings (SSSR count). The molecule has 148 valence electrons. The molecular formula is C20H34IN3O2. The number of hydrogen-bond donors (Lipinski definition) is 3. The van der Waals surface area contributed by atoms with Crippen LogP contribution in [0.4, 0.5) is 0 Å². The average molecular weight is 475 g/mol. The molecule has 0 bridgehead atoms. The molecule has 1 aliphatic carbocycles. The Morgan fingerprint density at radius 3 is 2.50 bits per heavy atom. The average Bonchev–Trinajstić information content (AvgIpc) is 3.12. The zero-order valence-electron chi connectivity index (χ0n) is 16.1. The smallest absolute Gasteiger partial charge is 0.191 e. The van der Waals surface area contributed by atoms with Crippen LogP contribution in [0.1, 0.15) is 50.2 Å². The van der Waals surface area contributed by atoms with Gasteiger partial charge in [0, 0.05) is 26.8 Å². The summed E-state index contributed by atoms with van der Waals surface area (Å²) in [7, 11) is 1.78. The van der Waals surface area contributed by atoms with Crippen LogP contribution in [0.5, 0.6) is 0 Å². The summed E-state index contributed by atoms with van der Waals surface area (Å²) >= 11 is 0. The van der Waals surface area contributed by atoms with E-state index in [4.69, 9.17) is 9.73 Å². The molecule has 0 spiro atoms. The predicted molar refractivity (Wildman–Crippen MR) is 118 cm³/mol. The summed E-state index contributed by atoms with van der Waals surface area (Å²) in [5, 5.41) is 16.3. The van der Waals surface area contributed by atoms with E-state index in [0.717, 1.165) is 43.2 Å². The number of methoxy groups -OCH3 is 1. The van der Waals surface area contributed by atoms with Gasteiger partial charge in [0.15, 0.2) is 5.96 Å². The van der Waals surface area contributed by atoms with Gasteiger partial charge < -0.3 is 20.5 Å². The Labute approximate surface area is 175 Å². The Morgan fingerprint density at radius 1 is 1.19 bits per heavy atom. The second-order valence-corrected chi connectivity index (χ2v) is 6.93. The molecule has 26 heavy (non-hydrogen) atoms. The number of benzene rings is 1. The van der Waals surface area contributed by atoms with Gasteiger partial charge in [-0.2, -0.15) is 0 Å². The lowest BCUT2D eigenvalue weighted by Gasteiger charge is -2.30. The second kappa shape index (κ2) is 12.5. The number of aliphatic hydroxyl groups is 1. The highest BCUT2D eigenvalue weighted by Crippen LogP contribution is 2.40. The molecule has 3 N–H and O–H groups in total. The minimum absolute atomic E-state index is 0. The van der Waals surface area contributed by atoms with Gasteiger partial charge >= 0.3 is 0 Å². The van der Waals surface area contributed by atoms with Gasteiger partial charge in [-0.3, -0.25) is 0 Å². The number of guanidine groups is 1. The van der Waals surface area contributed by atoms with Crippen LogP contribution in [0.3, 0.4) is 0 Å². The summed E-state index contributed by atoms with van der Waals surface area (Å²) in [6, 6.07) is 7.91. The van der Waals surface area contributed by atoms with Gasteiger partial charge in [0.25, 0.3) is 0 Å². The first-order valence-electron chi connectivity index (χ1n) is 9.42. The van der Waals surface area contributed by atoms with Crippen LogP contribution in [-0.4, -0.2) is 37.9 Å². The standard InChI is InChI=1S/C20H33N3O2.HI/c1-3-21-19(22-14-17-8-4-5-9-18(17)15-24)23-16-20(12-13-25-2)10-6-7-11-20;/h4-5,8-9,24H,3,6-7,10-16H2,1-2H3,(H2,21,22,23);1H. The van der Waals surface area contributed by atoms with Gasteiger partial charge in [0.2, 0.25) is 0 Å². The molecule has 1 aliphatic rings. The van der Waals surface area contributed by atoms with E-state index in [0.29, 0.717) is 12.0 Å². The van der Waals surface area contributed by atoms with E-state index in [1.807, 2.05) is 24.3 Å². The topological polar surface area (TPSA) is 65.9 Å². The molecule has 5 nitrogen and oxygen atoms in total. The van der Waals surface area contributed by atoms with Gasteiger partial charge in [0.05, 0.1) is 13.2 Å². The Balaban J connectivity index is 0.00000338. The van der Waals surface area contributed by atoms with E-state index in [9.17, 15) is 5.11 Å². The molecule has 6 heteroatoms. The fourth-order valence-corrected chi connectivity index (χ4v) is 3.60. The lowest BCUT2D eigenvalue weighted by atomic mass is 9.83. The summed E-state index contributed by atoms with van der Waals surface area (Å²) in [5.41, 5.74) is 2.33. The molecule has 0 heterocycles. The van der Waals surface area contributed by atoms with Crippen molar-refractivity contribution < 1.29 is 9.84 Å². The third-order valence-electron chi connectivity index (χ3n) is 5.17. The molecular weight excluding hydrogens is 441 g/mol. The van der Waals surface area contributed by atoms with E-state index in [1.165, 1.54) is 25.7 Å². The third kappa shape index (κ3) is 7.04. The summed E-state index contributed by atoms with van der Waals surface area (Å²) < 4.78 is 5.32. The van der Waals surface area contributed by atoms with Gasteiger partial charge in [-0.25, -0.2) is 4.99 Å². The van der Waals surface area contributed by atoms with Crippen LogP contribution in [0.15, 0.2) is 29.3 Å². The zero-order valence-corrected chi connectivity index (χ0v) is 18.4. The molecule has 0 saturated heterocycles. The fraction of sp³-hybridized carbons (Fsp3) is 0.650. The van der Waals surface area contributed by atoms with Crippen LogP contribution in [0.25, 0.3) is 0 Å². The molecule has 0 radical (unpaired) electrons. The minimum Gasteiger partial charge on any atom is -0.392 e. The Kier molecular flexibility index (Phi) is 11.2. The molecule has 0 atom stereocenters. The second-order valence-electron chi connectivity index (χ2n) is 6.93. The Morgan fingerprint density at radius 2 is 1.88 bits per heavy atom. The van der Waals surface area contributed by atoms with Crippen molar-refractivity contribution in [1.29, 1.82) is 0 Å². The summed E-state index contributed by atoms with van der Waals surface area (Å²) in [6.45, 7) is 5.28. The van der Waals surface area contributed by atoms with E-state index in [2.05, 4.69) is 17.6 Å². The molecule has 1 aromatic rings. The first-order valence-corrected chi connectivity index (χ1v) is 9.42.